The second kappa shape index (κ2) is 9.54. The molecule has 170 valence electrons. The average Bonchev–Trinajstić information content (AvgIpc) is 3.16. The van der Waals surface area contributed by atoms with E-state index in [0.29, 0.717) is 18.3 Å². The number of ether oxygens (including phenoxy) is 1. The maximum absolute atomic E-state index is 6.38. The molecule has 3 heterocycles. The van der Waals surface area contributed by atoms with Crippen LogP contribution in [0.15, 0.2) is 42.6 Å². The van der Waals surface area contributed by atoms with Gasteiger partial charge in [0.1, 0.15) is 17.8 Å². The van der Waals surface area contributed by atoms with Gasteiger partial charge in [-0.25, -0.2) is 4.98 Å². The smallest absolute Gasteiger partial charge is 0.213 e. The van der Waals surface area contributed by atoms with Gasteiger partial charge in [0.15, 0.2) is 0 Å². The first-order valence-corrected chi connectivity index (χ1v) is 11.9. The first-order valence-electron chi connectivity index (χ1n) is 11.6. The standard InChI is InChI=1S/C26H28ClN5O/c1-3-14-31(2)21-16-19-15-20(27)9-12-23(19)32-24(17-21)29-30-26(32)18-7-10-22(11-8-18)33-25-6-4-5-13-28-25/h1,4-6,9,12-13,15,18,21-22H,7-8,10-11,14,16-17H2,2H3/t18-,21-,22-/m0/s1. The van der Waals surface area contributed by atoms with Crippen molar-refractivity contribution in [2.24, 2.45) is 0 Å². The largest absolute Gasteiger partial charge is 0.474 e. The molecule has 7 heteroatoms. The summed E-state index contributed by atoms with van der Waals surface area (Å²) in [7, 11) is 2.07. The third kappa shape index (κ3) is 4.62. The van der Waals surface area contributed by atoms with Crippen LogP contribution in [0.25, 0.3) is 5.69 Å². The van der Waals surface area contributed by atoms with Crippen LogP contribution in [-0.4, -0.2) is 50.4 Å². The van der Waals surface area contributed by atoms with Crippen molar-refractivity contribution in [1.29, 1.82) is 0 Å². The summed E-state index contributed by atoms with van der Waals surface area (Å²) < 4.78 is 8.37. The van der Waals surface area contributed by atoms with Gasteiger partial charge in [-0.2, -0.15) is 0 Å². The fourth-order valence-electron chi connectivity index (χ4n) is 5.07. The van der Waals surface area contributed by atoms with E-state index in [2.05, 4.69) is 44.7 Å². The number of nitrogens with zero attached hydrogens (tertiary/aromatic N) is 5. The Hall–Kier alpha value is -2.88. The van der Waals surface area contributed by atoms with Crippen molar-refractivity contribution in [2.75, 3.05) is 13.6 Å². The van der Waals surface area contributed by atoms with Crippen molar-refractivity contribution in [1.82, 2.24) is 24.6 Å². The molecule has 1 saturated carbocycles. The molecule has 0 bridgehead atoms. The van der Waals surface area contributed by atoms with Crippen LogP contribution in [0.1, 0.15) is 48.8 Å². The van der Waals surface area contributed by atoms with Crippen molar-refractivity contribution in [3.8, 4) is 23.9 Å². The molecule has 2 aliphatic rings. The number of pyridine rings is 1. The fraction of sp³-hybridized carbons (Fsp3) is 0.423. The topological polar surface area (TPSA) is 56.1 Å². The van der Waals surface area contributed by atoms with Crippen LogP contribution in [0.2, 0.25) is 5.02 Å². The highest BCUT2D eigenvalue weighted by Gasteiger charge is 2.32. The Bertz CT molecular complexity index is 1150. The van der Waals surface area contributed by atoms with E-state index in [1.807, 2.05) is 24.3 Å². The molecule has 1 fully saturated rings. The van der Waals surface area contributed by atoms with E-state index in [4.69, 9.17) is 27.9 Å². The van der Waals surface area contributed by atoms with Crippen LogP contribution in [0, 0.1) is 12.3 Å². The molecule has 0 saturated heterocycles. The fourth-order valence-corrected chi connectivity index (χ4v) is 5.27. The van der Waals surface area contributed by atoms with E-state index < -0.39 is 0 Å². The van der Waals surface area contributed by atoms with Gasteiger partial charge in [0.2, 0.25) is 5.88 Å². The van der Waals surface area contributed by atoms with E-state index in [9.17, 15) is 0 Å². The number of terminal acetylenes is 1. The Morgan fingerprint density at radius 3 is 2.76 bits per heavy atom. The maximum Gasteiger partial charge on any atom is 0.213 e. The van der Waals surface area contributed by atoms with Crippen LogP contribution >= 0.6 is 11.6 Å². The zero-order valence-corrected chi connectivity index (χ0v) is 19.6. The van der Waals surface area contributed by atoms with Crippen molar-refractivity contribution in [2.45, 2.75) is 56.6 Å². The third-order valence-corrected chi connectivity index (χ3v) is 7.07. The van der Waals surface area contributed by atoms with Gasteiger partial charge in [0.25, 0.3) is 0 Å². The predicted molar refractivity (Wildman–Crippen MR) is 129 cm³/mol. The van der Waals surface area contributed by atoms with Crippen LogP contribution < -0.4 is 4.74 Å². The predicted octanol–water partition coefficient (Wildman–Crippen LogP) is 4.45. The summed E-state index contributed by atoms with van der Waals surface area (Å²) >= 11 is 6.38. The lowest BCUT2D eigenvalue weighted by Gasteiger charge is -2.28. The quantitative estimate of drug-likeness (QED) is 0.525. The Labute approximate surface area is 200 Å². The number of benzene rings is 1. The zero-order chi connectivity index (χ0) is 22.8. The van der Waals surface area contributed by atoms with Crippen molar-refractivity contribution in [3.05, 3.63) is 64.8 Å². The molecular weight excluding hydrogens is 434 g/mol. The molecule has 0 amide bonds. The molecule has 6 nitrogen and oxygen atoms in total. The number of likely N-dealkylation sites (N-methyl/N-ethyl adjacent to an activating group) is 1. The Morgan fingerprint density at radius 1 is 1.15 bits per heavy atom. The molecule has 2 aromatic heterocycles. The summed E-state index contributed by atoms with van der Waals surface area (Å²) in [6.07, 6.45) is 13.2. The van der Waals surface area contributed by atoms with E-state index >= 15 is 0 Å². The lowest BCUT2D eigenvalue weighted by Crippen LogP contribution is -2.35. The summed E-state index contributed by atoms with van der Waals surface area (Å²) in [5, 5.41) is 10.1. The van der Waals surface area contributed by atoms with Gasteiger partial charge < -0.3 is 4.74 Å². The molecular formula is C26H28ClN5O. The van der Waals surface area contributed by atoms with Gasteiger partial charge in [0, 0.05) is 35.7 Å². The van der Waals surface area contributed by atoms with E-state index in [-0.39, 0.29) is 12.1 Å². The summed E-state index contributed by atoms with van der Waals surface area (Å²) in [4.78, 5) is 6.52. The molecule has 1 aliphatic carbocycles. The number of rotatable bonds is 5. The van der Waals surface area contributed by atoms with Gasteiger partial charge in [-0.3, -0.25) is 9.47 Å². The van der Waals surface area contributed by atoms with Gasteiger partial charge >= 0.3 is 0 Å². The lowest BCUT2D eigenvalue weighted by atomic mass is 9.86. The Balaban J connectivity index is 1.40. The summed E-state index contributed by atoms with van der Waals surface area (Å²) in [5.74, 6) is 5.85. The lowest BCUT2D eigenvalue weighted by molar-refractivity contribution is 0.139. The van der Waals surface area contributed by atoms with Crippen LogP contribution in [0.5, 0.6) is 5.88 Å². The van der Waals surface area contributed by atoms with Crippen molar-refractivity contribution in [3.63, 3.8) is 0 Å². The minimum absolute atomic E-state index is 0.190. The highest BCUT2D eigenvalue weighted by molar-refractivity contribution is 6.30. The molecule has 0 N–H and O–H groups in total. The minimum Gasteiger partial charge on any atom is -0.474 e. The highest BCUT2D eigenvalue weighted by atomic mass is 35.5. The zero-order valence-electron chi connectivity index (χ0n) is 18.8. The summed E-state index contributed by atoms with van der Waals surface area (Å²) in [6, 6.07) is 12.2. The maximum atomic E-state index is 6.38. The molecule has 3 aromatic rings. The van der Waals surface area contributed by atoms with Gasteiger partial charge in [-0.1, -0.05) is 23.6 Å². The average molecular weight is 462 g/mol. The minimum atomic E-state index is 0.190. The number of hydrogen-bond donors (Lipinski definition) is 0. The van der Waals surface area contributed by atoms with E-state index in [0.717, 1.165) is 60.9 Å². The normalized spacial score (nSPS) is 22.2. The molecule has 0 spiro atoms. The molecule has 1 aromatic carbocycles. The molecule has 0 unspecified atom stereocenters. The second-order valence-electron chi connectivity index (χ2n) is 9.02. The monoisotopic (exact) mass is 461 g/mol. The molecule has 0 radical (unpaired) electrons. The molecule has 33 heavy (non-hydrogen) atoms. The van der Waals surface area contributed by atoms with Crippen molar-refractivity contribution < 1.29 is 4.74 Å². The van der Waals surface area contributed by atoms with Crippen LogP contribution in [0.3, 0.4) is 0 Å². The van der Waals surface area contributed by atoms with Gasteiger partial charge in [-0.05, 0) is 69.0 Å². The summed E-state index contributed by atoms with van der Waals surface area (Å²) in [6.45, 7) is 0.599. The summed E-state index contributed by atoms with van der Waals surface area (Å²) in [5.41, 5.74) is 2.35. The van der Waals surface area contributed by atoms with E-state index in [1.165, 1.54) is 5.56 Å². The number of halogens is 1. The number of aromatic nitrogens is 4. The van der Waals surface area contributed by atoms with Gasteiger partial charge in [0.05, 0.1) is 12.2 Å². The Kier molecular flexibility index (Phi) is 6.34. The number of hydrogen-bond acceptors (Lipinski definition) is 5. The Morgan fingerprint density at radius 2 is 2.00 bits per heavy atom. The van der Waals surface area contributed by atoms with Gasteiger partial charge in [-0.15, -0.1) is 16.6 Å². The number of fused-ring (bicyclic) bond motifs is 3. The molecule has 1 aliphatic heterocycles. The highest BCUT2D eigenvalue weighted by Crippen LogP contribution is 2.37. The third-order valence-electron chi connectivity index (χ3n) is 6.84. The van der Waals surface area contributed by atoms with E-state index in [1.54, 1.807) is 6.20 Å². The molecule has 1 atom stereocenters. The van der Waals surface area contributed by atoms with Crippen LogP contribution in [-0.2, 0) is 12.8 Å². The van der Waals surface area contributed by atoms with Crippen molar-refractivity contribution >= 4 is 11.6 Å². The first-order chi connectivity index (χ1) is 16.1. The first kappa shape index (κ1) is 21.9. The SMILES string of the molecule is C#CCN(C)[C@H]1Cc2cc(Cl)ccc2-n2c(nnc2[C@H]2CC[C@H](Oc3ccccn3)CC2)C1. The second-order valence-corrected chi connectivity index (χ2v) is 9.46. The van der Waals surface area contributed by atoms with Crippen LogP contribution in [0.4, 0.5) is 0 Å². The molecule has 5 rings (SSSR count).